The Morgan fingerprint density at radius 2 is 2.06 bits per heavy atom. The Morgan fingerprint density at radius 1 is 1.31 bits per heavy atom. The van der Waals surface area contributed by atoms with Gasteiger partial charge in [-0.05, 0) is 17.7 Å². The van der Waals surface area contributed by atoms with Gasteiger partial charge in [-0.15, -0.1) is 0 Å². The van der Waals surface area contributed by atoms with Gasteiger partial charge in [-0.3, -0.25) is 0 Å². The quantitative estimate of drug-likeness (QED) is 0.642. The van der Waals surface area contributed by atoms with Gasteiger partial charge in [0.05, 0.1) is 19.8 Å². The second-order valence-electron chi connectivity index (χ2n) is 3.17. The van der Waals surface area contributed by atoms with Crippen molar-refractivity contribution in [1.29, 1.82) is 0 Å². The van der Waals surface area contributed by atoms with Gasteiger partial charge in [0.15, 0.2) is 0 Å². The molecule has 16 heavy (non-hydrogen) atoms. The number of aliphatic hydroxyl groups excluding tert-OH is 1. The van der Waals surface area contributed by atoms with Crippen LogP contribution in [-0.4, -0.2) is 18.3 Å². The molecule has 2 nitrogen and oxygen atoms in total. The van der Waals surface area contributed by atoms with E-state index in [2.05, 4.69) is 15.9 Å². The van der Waals surface area contributed by atoms with Crippen molar-refractivity contribution in [3.63, 3.8) is 0 Å². The van der Waals surface area contributed by atoms with Crippen LogP contribution in [-0.2, 0) is 11.3 Å². The molecular formula is C13H15BrO2. The first-order valence-electron chi connectivity index (χ1n) is 5.07. The molecule has 3 heteroatoms. The van der Waals surface area contributed by atoms with Crippen molar-refractivity contribution in [2.24, 2.45) is 0 Å². The maximum atomic E-state index is 8.57. The van der Waals surface area contributed by atoms with E-state index in [0.717, 1.165) is 10.0 Å². The summed E-state index contributed by atoms with van der Waals surface area (Å²) in [6.07, 6.45) is 5.37. The van der Waals surface area contributed by atoms with Crippen LogP contribution >= 0.6 is 15.9 Å². The summed E-state index contributed by atoms with van der Waals surface area (Å²) in [5, 5.41) is 8.57. The van der Waals surface area contributed by atoms with E-state index in [4.69, 9.17) is 9.84 Å². The fourth-order valence-corrected chi connectivity index (χ4v) is 1.44. The van der Waals surface area contributed by atoms with Crippen LogP contribution in [0.5, 0.6) is 0 Å². The molecule has 0 saturated heterocycles. The number of aliphatic hydroxyl groups is 1. The van der Waals surface area contributed by atoms with Gasteiger partial charge >= 0.3 is 0 Å². The summed E-state index contributed by atoms with van der Waals surface area (Å²) in [5.74, 6) is 0. The van der Waals surface area contributed by atoms with Crippen LogP contribution in [0.25, 0.3) is 0 Å². The van der Waals surface area contributed by atoms with Gasteiger partial charge in [-0.25, -0.2) is 0 Å². The normalized spacial score (nSPS) is 12.2. The molecule has 0 unspecified atom stereocenters. The van der Waals surface area contributed by atoms with Gasteiger partial charge in [0.2, 0.25) is 0 Å². The van der Waals surface area contributed by atoms with Gasteiger partial charge in [-0.1, -0.05) is 52.3 Å². The summed E-state index contributed by atoms with van der Waals surface area (Å²) in [5.41, 5.74) is 1.16. The summed E-state index contributed by atoms with van der Waals surface area (Å²) in [7, 11) is 0. The highest BCUT2D eigenvalue weighted by molar-refractivity contribution is 9.11. The molecule has 1 N–H and O–H groups in total. The lowest BCUT2D eigenvalue weighted by molar-refractivity contribution is 0.148. The van der Waals surface area contributed by atoms with Crippen molar-refractivity contribution in [1.82, 2.24) is 0 Å². The molecule has 86 valence electrons. The molecule has 0 aliphatic rings. The number of allylic oxidation sites excluding steroid dienone is 2. The Bertz CT molecular complexity index is 344. The van der Waals surface area contributed by atoms with E-state index in [0.29, 0.717) is 13.2 Å². The second-order valence-corrected chi connectivity index (χ2v) is 4.09. The molecule has 0 spiro atoms. The molecule has 0 aliphatic heterocycles. The minimum Gasteiger partial charge on any atom is -0.392 e. The van der Waals surface area contributed by atoms with Crippen LogP contribution in [0.4, 0.5) is 0 Å². The molecule has 0 radical (unpaired) electrons. The largest absolute Gasteiger partial charge is 0.392 e. The monoisotopic (exact) mass is 282 g/mol. The third-order valence-electron chi connectivity index (χ3n) is 1.89. The van der Waals surface area contributed by atoms with Gasteiger partial charge in [0.1, 0.15) is 0 Å². The van der Waals surface area contributed by atoms with E-state index in [1.54, 1.807) is 12.2 Å². The Labute approximate surface area is 104 Å². The average Bonchev–Trinajstić information content (AvgIpc) is 2.33. The number of hydrogen-bond acceptors (Lipinski definition) is 2. The van der Waals surface area contributed by atoms with Crippen LogP contribution in [0, 0.1) is 0 Å². The minimum absolute atomic E-state index is 0.0494. The first kappa shape index (κ1) is 13.2. The molecule has 0 heterocycles. The van der Waals surface area contributed by atoms with E-state index in [9.17, 15) is 0 Å². The van der Waals surface area contributed by atoms with Gasteiger partial charge in [0, 0.05) is 4.48 Å². The molecule has 0 fully saturated rings. The summed E-state index contributed by atoms with van der Waals surface area (Å²) in [6, 6.07) is 10.0. The summed E-state index contributed by atoms with van der Waals surface area (Å²) < 4.78 is 6.38. The van der Waals surface area contributed by atoms with Crippen molar-refractivity contribution in [2.45, 2.75) is 6.61 Å². The molecule has 1 aromatic rings. The van der Waals surface area contributed by atoms with Gasteiger partial charge < -0.3 is 9.84 Å². The van der Waals surface area contributed by atoms with Crippen molar-refractivity contribution in [2.75, 3.05) is 13.2 Å². The lowest BCUT2D eigenvalue weighted by Crippen LogP contribution is -1.92. The molecule has 0 atom stereocenters. The van der Waals surface area contributed by atoms with Crippen molar-refractivity contribution < 1.29 is 9.84 Å². The van der Waals surface area contributed by atoms with Crippen LogP contribution in [0.2, 0.25) is 0 Å². The standard InChI is InChI=1S/C13H15BrO2/c14-13(7-4-9-15)8-10-16-11-12-5-2-1-3-6-12/h1-8,15H,9-11H2/b7-4+,13-8-. The maximum absolute atomic E-state index is 8.57. The fourth-order valence-electron chi connectivity index (χ4n) is 1.12. The molecule has 0 bridgehead atoms. The SMILES string of the molecule is OC/C=C/C(Br)=C/COCc1ccccc1. The Morgan fingerprint density at radius 3 is 2.75 bits per heavy atom. The topological polar surface area (TPSA) is 29.5 Å². The summed E-state index contributed by atoms with van der Waals surface area (Å²) in [6.45, 7) is 1.21. The molecule has 0 amide bonds. The average molecular weight is 283 g/mol. The number of hydrogen-bond donors (Lipinski definition) is 1. The zero-order chi connectivity index (χ0) is 11.6. The van der Waals surface area contributed by atoms with Gasteiger partial charge in [-0.2, -0.15) is 0 Å². The van der Waals surface area contributed by atoms with E-state index >= 15 is 0 Å². The van der Waals surface area contributed by atoms with Crippen LogP contribution in [0.15, 0.2) is 53.0 Å². The van der Waals surface area contributed by atoms with Crippen LogP contribution in [0.1, 0.15) is 5.56 Å². The predicted octanol–water partition coefficient (Wildman–Crippen LogP) is 3.03. The third kappa shape index (κ3) is 5.85. The molecule has 1 aromatic carbocycles. The first-order chi connectivity index (χ1) is 7.83. The number of ether oxygens (including phenoxy) is 1. The Hall–Kier alpha value is -0.900. The highest BCUT2D eigenvalue weighted by Gasteiger charge is 1.90. The first-order valence-corrected chi connectivity index (χ1v) is 5.87. The highest BCUT2D eigenvalue weighted by Crippen LogP contribution is 2.06. The zero-order valence-electron chi connectivity index (χ0n) is 8.97. The van der Waals surface area contributed by atoms with E-state index in [1.807, 2.05) is 36.4 Å². The predicted molar refractivity (Wildman–Crippen MR) is 69.3 cm³/mol. The van der Waals surface area contributed by atoms with E-state index < -0.39 is 0 Å². The fraction of sp³-hybridized carbons (Fsp3) is 0.231. The van der Waals surface area contributed by atoms with Gasteiger partial charge in [0.25, 0.3) is 0 Å². The smallest absolute Gasteiger partial charge is 0.0721 e. The minimum atomic E-state index is 0.0494. The van der Waals surface area contributed by atoms with Crippen LogP contribution < -0.4 is 0 Å². The molecule has 1 rings (SSSR count). The number of rotatable bonds is 6. The van der Waals surface area contributed by atoms with E-state index in [-0.39, 0.29) is 6.61 Å². The van der Waals surface area contributed by atoms with Crippen LogP contribution in [0.3, 0.4) is 0 Å². The lowest BCUT2D eigenvalue weighted by Gasteiger charge is -2.00. The molecule has 0 aromatic heterocycles. The Balaban J connectivity index is 2.24. The maximum Gasteiger partial charge on any atom is 0.0721 e. The molecule has 0 saturated carbocycles. The Kier molecular flexibility index (Phi) is 6.81. The van der Waals surface area contributed by atoms with Crippen molar-refractivity contribution >= 4 is 15.9 Å². The summed E-state index contributed by atoms with van der Waals surface area (Å²) >= 11 is 3.35. The molecule has 0 aliphatic carbocycles. The lowest BCUT2D eigenvalue weighted by atomic mass is 10.2. The second kappa shape index (κ2) is 8.28. The highest BCUT2D eigenvalue weighted by atomic mass is 79.9. The van der Waals surface area contributed by atoms with Crippen molar-refractivity contribution in [3.05, 3.63) is 58.6 Å². The number of benzene rings is 1. The molecular weight excluding hydrogens is 268 g/mol. The number of halogens is 1. The van der Waals surface area contributed by atoms with Crippen molar-refractivity contribution in [3.8, 4) is 0 Å². The van der Waals surface area contributed by atoms with E-state index in [1.165, 1.54) is 0 Å². The zero-order valence-corrected chi connectivity index (χ0v) is 10.6. The summed E-state index contributed by atoms with van der Waals surface area (Å²) in [4.78, 5) is 0. The third-order valence-corrected chi connectivity index (χ3v) is 2.48.